The van der Waals surface area contributed by atoms with E-state index < -0.39 is 54.2 Å². The van der Waals surface area contributed by atoms with Crippen molar-refractivity contribution in [2.24, 2.45) is 23.7 Å². The molecule has 0 saturated carbocycles. The van der Waals surface area contributed by atoms with E-state index in [1.54, 1.807) is 0 Å². The second-order valence-corrected chi connectivity index (χ2v) is 12.9. The molecule has 2 unspecified atom stereocenters. The lowest BCUT2D eigenvalue weighted by atomic mass is 9.74. The van der Waals surface area contributed by atoms with E-state index >= 15 is 0 Å². The molecule has 6 heterocycles. The van der Waals surface area contributed by atoms with Gasteiger partial charge in [0, 0.05) is 24.7 Å². The van der Waals surface area contributed by atoms with Gasteiger partial charge in [0.05, 0.1) is 50.2 Å². The molecule has 0 aliphatic carbocycles. The summed E-state index contributed by atoms with van der Waals surface area (Å²) in [7, 11) is 0. The first-order valence-corrected chi connectivity index (χ1v) is 14.7. The summed E-state index contributed by atoms with van der Waals surface area (Å²) in [6.07, 6.45) is -1.58. The average Bonchev–Trinajstić information content (AvgIpc) is 3.32. The minimum atomic E-state index is -1.93. The summed E-state index contributed by atoms with van der Waals surface area (Å²) in [6.45, 7) is 8.91. The Morgan fingerprint density at radius 3 is 2.31 bits per heavy atom. The van der Waals surface area contributed by atoms with Crippen LogP contribution >= 0.6 is 0 Å². The summed E-state index contributed by atoms with van der Waals surface area (Å²) >= 11 is 0. The van der Waals surface area contributed by atoms with Crippen molar-refractivity contribution in [1.29, 1.82) is 0 Å². The van der Waals surface area contributed by atoms with Gasteiger partial charge in [-0.15, -0.1) is 0 Å². The number of fused-ring (bicyclic) bond motifs is 4. The summed E-state index contributed by atoms with van der Waals surface area (Å²) < 4.78 is 44.0. The average molecular weight is 557 g/mol. The van der Waals surface area contributed by atoms with Crippen LogP contribution < -0.4 is 0 Å². The third kappa shape index (κ3) is 4.85. The number of ether oxygens (including phenoxy) is 7. The zero-order chi connectivity index (χ0) is 27.7. The largest absolute Gasteiger partial charge is 0.481 e. The Kier molecular flexibility index (Phi) is 7.55. The van der Waals surface area contributed by atoms with Gasteiger partial charge in [-0.3, -0.25) is 4.79 Å². The van der Waals surface area contributed by atoms with E-state index in [0.29, 0.717) is 25.9 Å². The highest BCUT2D eigenvalue weighted by Crippen LogP contribution is 2.53. The minimum absolute atomic E-state index is 0.0453. The Morgan fingerprint density at radius 2 is 1.62 bits per heavy atom. The molecule has 6 aliphatic rings. The predicted molar refractivity (Wildman–Crippen MR) is 133 cm³/mol. The van der Waals surface area contributed by atoms with Gasteiger partial charge in [-0.1, -0.05) is 27.7 Å². The van der Waals surface area contributed by atoms with Gasteiger partial charge in [0.1, 0.15) is 18.3 Å². The number of hydrogen-bond donors (Lipinski definition) is 3. The van der Waals surface area contributed by atoms with E-state index in [2.05, 4.69) is 13.8 Å². The van der Waals surface area contributed by atoms with Crippen molar-refractivity contribution in [3.05, 3.63) is 0 Å². The first-order chi connectivity index (χ1) is 18.5. The van der Waals surface area contributed by atoms with Crippen LogP contribution in [0.2, 0.25) is 0 Å². The van der Waals surface area contributed by atoms with Crippen LogP contribution in [0.5, 0.6) is 0 Å². The van der Waals surface area contributed by atoms with Crippen LogP contribution in [0.25, 0.3) is 0 Å². The molecule has 0 aromatic heterocycles. The molecule has 0 amide bonds. The van der Waals surface area contributed by atoms with E-state index in [9.17, 15) is 15.0 Å². The maximum absolute atomic E-state index is 12.0. The molecule has 11 heteroatoms. The molecule has 222 valence electrons. The Bertz CT molecular complexity index is 910. The van der Waals surface area contributed by atoms with Gasteiger partial charge in [0.25, 0.3) is 0 Å². The smallest absolute Gasteiger partial charge is 0.308 e. The van der Waals surface area contributed by atoms with Crippen LogP contribution in [0.3, 0.4) is 0 Å². The van der Waals surface area contributed by atoms with Crippen molar-refractivity contribution < 1.29 is 53.3 Å². The molecule has 1 spiro atoms. The standard InChI is InChI=1S/C28H44O11/c1-13-8-17-19(35-21-12-33-23(11-22(29)30)36-18(21)9-13)10-20-24(37-17)15(3)25(31)28(32)26(38-20)14(2)16(4)27(39-28)6-5-7-34-27/h13-21,23-26,31-32H,5-12H2,1-4H3,(H,29,30)/t13-,14+,15-,16+,17+,18-,19-,20+,21+,23?,24-,25+,26-,27?,28+/m1/s1. The van der Waals surface area contributed by atoms with Gasteiger partial charge < -0.3 is 48.5 Å². The highest BCUT2D eigenvalue weighted by atomic mass is 16.8. The lowest BCUT2D eigenvalue weighted by molar-refractivity contribution is -0.436. The molecule has 39 heavy (non-hydrogen) atoms. The van der Waals surface area contributed by atoms with Crippen molar-refractivity contribution >= 4 is 5.97 Å². The van der Waals surface area contributed by atoms with Crippen LogP contribution in [-0.4, -0.2) is 101 Å². The topological polar surface area (TPSA) is 142 Å². The normalized spacial score (nSPS) is 55.8. The fourth-order valence-electron chi connectivity index (χ4n) is 7.90. The quantitative estimate of drug-likeness (QED) is 0.458. The lowest BCUT2D eigenvalue weighted by Crippen LogP contribution is -2.69. The first-order valence-electron chi connectivity index (χ1n) is 14.7. The molecular weight excluding hydrogens is 512 g/mol. The number of hydrogen-bond acceptors (Lipinski definition) is 10. The predicted octanol–water partition coefficient (Wildman–Crippen LogP) is 1.81. The number of carboxylic acid groups (broad SMARTS) is 1. The second-order valence-electron chi connectivity index (χ2n) is 12.9. The molecular formula is C28H44O11. The maximum atomic E-state index is 12.0. The van der Waals surface area contributed by atoms with Crippen LogP contribution in [0, 0.1) is 23.7 Å². The minimum Gasteiger partial charge on any atom is -0.481 e. The summed E-state index contributed by atoms with van der Waals surface area (Å²) in [4.78, 5) is 11.2. The summed E-state index contributed by atoms with van der Waals surface area (Å²) in [5, 5.41) is 32.7. The summed E-state index contributed by atoms with van der Waals surface area (Å²) in [5.74, 6) is -4.26. The van der Waals surface area contributed by atoms with Crippen molar-refractivity contribution in [1.82, 2.24) is 0 Å². The monoisotopic (exact) mass is 556 g/mol. The molecule has 0 aromatic rings. The SMILES string of the molecule is C[C@@H]1C[C@@H]2O[C@@H]3[C@@H](C)[C@H](O)[C@]4(O)OC5(CCCO5)[C@@H](C)[C@H](C)[C@H]4O[C@H]3C[C@H]2O[C@H]2COC(CC(=O)O)O[C@@H]2C1. The zero-order valence-corrected chi connectivity index (χ0v) is 23.3. The molecule has 6 aliphatic heterocycles. The van der Waals surface area contributed by atoms with Gasteiger partial charge in [0.2, 0.25) is 5.79 Å². The Morgan fingerprint density at radius 1 is 0.897 bits per heavy atom. The third-order valence-corrected chi connectivity index (χ3v) is 10.2. The van der Waals surface area contributed by atoms with Gasteiger partial charge in [-0.05, 0) is 31.1 Å². The Balaban J connectivity index is 1.24. The van der Waals surface area contributed by atoms with Crippen LogP contribution in [0.1, 0.15) is 66.2 Å². The van der Waals surface area contributed by atoms with Gasteiger partial charge >= 0.3 is 5.97 Å². The molecule has 0 bridgehead atoms. The number of carbonyl (C=O) groups is 1. The number of aliphatic carboxylic acids is 1. The molecule has 11 nitrogen and oxygen atoms in total. The van der Waals surface area contributed by atoms with Crippen LogP contribution in [-0.2, 0) is 38.0 Å². The molecule has 0 radical (unpaired) electrons. The summed E-state index contributed by atoms with van der Waals surface area (Å²) in [6, 6.07) is 0. The Labute approximate surface area is 229 Å². The van der Waals surface area contributed by atoms with E-state index in [1.165, 1.54) is 0 Å². The molecule has 15 atom stereocenters. The van der Waals surface area contributed by atoms with Crippen molar-refractivity contribution in [2.45, 2.75) is 133 Å². The van der Waals surface area contributed by atoms with Gasteiger partial charge in [-0.2, -0.15) is 0 Å². The highest BCUT2D eigenvalue weighted by Gasteiger charge is 2.66. The first kappa shape index (κ1) is 28.2. The summed E-state index contributed by atoms with van der Waals surface area (Å²) in [5.41, 5.74) is 0. The fourth-order valence-corrected chi connectivity index (χ4v) is 7.90. The molecule has 0 aromatic carbocycles. The second kappa shape index (κ2) is 10.4. The van der Waals surface area contributed by atoms with E-state index in [-0.39, 0.29) is 55.2 Å². The maximum Gasteiger partial charge on any atom is 0.308 e. The number of rotatable bonds is 2. The van der Waals surface area contributed by atoms with Crippen molar-refractivity contribution in [2.75, 3.05) is 13.2 Å². The fraction of sp³-hybridized carbons (Fsp3) is 0.964. The van der Waals surface area contributed by atoms with E-state index in [1.807, 2.05) is 13.8 Å². The molecule has 6 saturated heterocycles. The van der Waals surface area contributed by atoms with Crippen LogP contribution in [0.4, 0.5) is 0 Å². The lowest BCUT2D eigenvalue weighted by Gasteiger charge is -2.54. The van der Waals surface area contributed by atoms with E-state index in [0.717, 1.165) is 12.8 Å². The number of aliphatic hydroxyl groups is 2. The molecule has 3 N–H and O–H groups in total. The zero-order valence-electron chi connectivity index (χ0n) is 23.3. The van der Waals surface area contributed by atoms with Gasteiger partial charge in [-0.25, -0.2) is 0 Å². The van der Waals surface area contributed by atoms with E-state index in [4.69, 9.17) is 38.3 Å². The third-order valence-electron chi connectivity index (χ3n) is 10.2. The van der Waals surface area contributed by atoms with Crippen molar-refractivity contribution in [3.63, 3.8) is 0 Å². The van der Waals surface area contributed by atoms with Gasteiger partial charge in [0.15, 0.2) is 12.1 Å². The highest BCUT2D eigenvalue weighted by molar-refractivity contribution is 5.67. The number of aliphatic hydroxyl groups excluding tert-OH is 1. The van der Waals surface area contributed by atoms with Crippen molar-refractivity contribution in [3.8, 4) is 0 Å². The number of carboxylic acids is 1. The molecule has 6 fully saturated rings. The Hall–Kier alpha value is -0.890. The molecule has 6 rings (SSSR count). The van der Waals surface area contributed by atoms with Crippen LogP contribution in [0.15, 0.2) is 0 Å².